The summed E-state index contributed by atoms with van der Waals surface area (Å²) < 4.78 is 10.9. The number of carbonyl (C=O) groups is 1. The predicted molar refractivity (Wildman–Crippen MR) is 81.5 cm³/mol. The van der Waals surface area contributed by atoms with Crippen molar-refractivity contribution < 1.29 is 14.3 Å². The van der Waals surface area contributed by atoms with Gasteiger partial charge in [-0.25, -0.2) is 0 Å². The molecular weight excluding hydrogens is 268 g/mol. The summed E-state index contributed by atoms with van der Waals surface area (Å²) in [5.74, 6) is 1.20. The third-order valence-electron chi connectivity index (χ3n) is 3.71. The summed E-state index contributed by atoms with van der Waals surface area (Å²) in [5.41, 5.74) is 6.82. The number of hydrogen-bond acceptors (Lipinski definition) is 4. The molecule has 1 atom stereocenters. The summed E-state index contributed by atoms with van der Waals surface area (Å²) in [7, 11) is 1.58. The Bertz CT molecular complexity index is 498. The molecule has 0 aliphatic heterocycles. The van der Waals surface area contributed by atoms with Gasteiger partial charge in [-0.2, -0.15) is 0 Å². The number of likely N-dealkylation sites (N-methyl/N-ethyl adjacent to an activating group) is 1. The lowest BCUT2D eigenvalue weighted by Crippen LogP contribution is -2.36. The molecule has 1 amide bonds. The molecule has 0 bridgehead atoms. The third kappa shape index (κ3) is 3.88. The molecule has 1 aromatic carbocycles. The second-order valence-electron chi connectivity index (χ2n) is 5.40. The Hall–Kier alpha value is -1.75. The van der Waals surface area contributed by atoms with E-state index in [2.05, 4.69) is 0 Å². The second kappa shape index (κ2) is 6.80. The number of carbonyl (C=O) groups excluding carboxylic acids is 1. The van der Waals surface area contributed by atoms with Crippen LogP contribution in [-0.2, 0) is 4.79 Å². The van der Waals surface area contributed by atoms with E-state index in [9.17, 15) is 4.79 Å². The van der Waals surface area contributed by atoms with Gasteiger partial charge in [0.05, 0.1) is 7.11 Å². The highest BCUT2D eigenvalue weighted by molar-refractivity contribution is 5.78. The Balaban J connectivity index is 2.00. The molecule has 2 rings (SSSR count). The van der Waals surface area contributed by atoms with Gasteiger partial charge in [-0.1, -0.05) is 6.07 Å². The van der Waals surface area contributed by atoms with Gasteiger partial charge < -0.3 is 20.1 Å². The minimum Gasteiger partial charge on any atom is -0.493 e. The van der Waals surface area contributed by atoms with Crippen LogP contribution >= 0.6 is 0 Å². The zero-order valence-electron chi connectivity index (χ0n) is 13.0. The van der Waals surface area contributed by atoms with E-state index in [4.69, 9.17) is 15.2 Å². The van der Waals surface area contributed by atoms with Gasteiger partial charge in [0.2, 0.25) is 0 Å². The van der Waals surface area contributed by atoms with Crippen LogP contribution in [0.2, 0.25) is 0 Å². The molecule has 5 heteroatoms. The number of nitrogens with zero attached hydrogens (tertiary/aromatic N) is 1. The van der Waals surface area contributed by atoms with E-state index in [1.807, 2.05) is 30.9 Å². The number of nitrogens with two attached hydrogens (primary N) is 1. The van der Waals surface area contributed by atoms with Gasteiger partial charge in [0, 0.05) is 18.6 Å². The Morgan fingerprint density at radius 3 is 2.67 bits per heavy atom. The predicted octanol–water partition coefficient (Wildman–Crippen LogP) is 2.10. The largest absolute Gasteiger partial charge is 0.493 e. The second-order valence-corrected chi connectivity index (χ2v) is 5.40. The van der Waals surface area contributed by atoms with Crippen molar-refractivity contribution in [2.24, 2.45) is 5.73 Å². The number of rotatable bonds is 7. The first-order valence-corrected chi connectivity index (χ1v) is 7.42. The molecule has 5 nitrogen and oxygen atoms in total. The summed E-state index contributed by atoms with van der Waals surface area (Å²) in [6.45, 7) is 4.67. The fourth-order valence-electron chi connectivity index (χ4n) is 2.33. The molecule has 0 spiro atoms. The van der Waals surface area contributed by atoms with Crippen LogP contribution < -0.4 is 15.2 Å². The molecule has 116 valence electrons. The lowest BCUT2D eigenvalue weighted by Gasteiger charge is -2.21. The van der Waals surface area contributed by atoms with Crippen molar-refractivity contribution >= 4 is 5.91 Å². The minimum absolute atomic E-state index is 0.0262. The van der Waals surface area contributed by atoms with Crippen LogP contribution in [0.4, 0.5) is 0 Å². The molecule has 0 aromatic heterocycles. The number of methoxy groups -OCH3 is 1. The summed E-state index contributed by atoms with van der Waals surface area (Å²) >= 11 is 0. The van der Waals surface area contributed by atoms with E-state index in [0.717, 1.165) is 24.9 Å². The number of hydrogen-bond donors (Lipinski definition) is 1. The van der Waals surface area contributed by atoms with Crippen molar-refractivity contribution in [1.82, 2.24) is 4.90 Å². The van der Waals surface area contributed by atoms with E-state index in [1.165, 1.54) is 0 Å². The highest BCUT2D eigenvalue weighted by Crippen LogP contribution is 2.30. The molecule has 0 radical (unpaired) electrons. The molecule has 1 aliphatic carbocycles. The fraction of sp³-hybridized carbons (Fsp3) is 0.562. The molecule has 1 saturated carbocycles. The maximum Gasteiger partial charge on any atom is 0.260 e. The lowest BCUT2D eigenvalue weighted by atomic mass is 10.1. The third-order valence-corrected chi connectivity index (χ3v) is 3.71. The Morgan fingerprint density at radius 2 is 2.14 bits per heavy atom. The van der Waals surface area contributed by atoms with Crippen molar-refractivity contribution in [2.45, 2.75) is 38.8 Å². The van der Waals surface area contributed by atoms with Crippen molar-refractivity contribution in [3.8, 4) is 11.5 Å². The highest BCUT2D eigenvalue weighted by Gasteiger charge is 2.31. The van der Waals surface area contributed by atoms with Crippen LogP contribution in [-0.4, -0.2) is 37.1 Å². The maximum absolute atomic E-state index is 12.1. The van der Waals surface area contributed by atoms with Crippen LogP contribution in [0.25, 0.3) is 0 Å². The molecule has 0 heterocycles. The first-order chi connectivity index (χ1) is 10.1. The minimum atomic E-state index is -0.0694. The Kier molecular flexibility index (Phi) is 5.07. The van der Waals surface area contributed by atoms with Gasteiger partial charge in [0.25, 0.3) is 5.91 Å². The van der Waals surface area contributed by atoms with E-state index >= 15 is 0 Å². The topological polar surface area (TPSA) is 64.8 Å². The van der Waals surface area contributed by atoms with E-state index in [0.29, 0.717) is 17.5 Å². The average molecular weight is 292 g/mol. The van der Waals surface area contributed by atoms with Gasteiger partial charge >= 0.3 is 0 Å². The van der Waals surface area contributed by atoms with Crippen LogP contribution in [0, 0.1) is 0 Å². The normalized spacial score (nSPS) is 15.4. The smallest absolute Gasteiger partial charge is 0.260 e. The Morgan fingerprint density at radius 1 is 1.43 bits per heavy atom. The zero-order chi connectivity index (χ0) is 15.4. The molecular formula is C16H24N2O3. The van der Waals surface area contributed by atoms with Crippen LogP contribution in [0.3, 0.4) is 0 Å². The number of amides is 1. The van der Waals surface area contributed by atoms with E-state index < -0.39 is 0 Å². The standard InChI is InChI=1S/C16H24N2O3/c1-4-18(13-6-7-13)16(19)10-21-14-8-5-12(11(2)17)9-15(14)20-3/h5,8-9,11,13H,4,6-7,10,17H2,1-3H3/t11-/m1/s1. The van der Waals surface area contributed by atoms with Gasteiger partial charge in [0.15, 0.2) is 18.1 Å². The van der Waals surface area contributed by atoms with E-state index in [1.54, 1.807) is 13.2 Å². The molecule has 1 aliphatic rings. The maximum atomic E-state index is 12.1. The molecule has 0 saturated heterocycles. The first-order valence-electron chi connectivity index (χ1n) is 7.42. The van der Waals surface area contributed by atoms with Crippen LogP contribution in [0.1, 0.15) is 38.3 Å². The van der Waals surface area contributed by atoms with Crippen LogP contribution in [0.5, 0.6) is 11.5 Å². The summed E-state index contributed by atoms with van der Waals surface area (Å²) in [6.07, 6.45) is 2.21. The molecule has 1 aromatic rings. The molecule has 1 fully saturated rings. The van der Waals surface area contributed by atoms with Crippen molar-refractivity contribution in [1.29, 1.82) is 0 Å². The van der Waals surface area contributed by atoms with E-state index in [-0.39, 0.29) is 18.6 Å². The van der Waals surface area contributed by atoms with Crippen LogP contribution in [0.15, 0.2) is 18.2 Å². The van der Waals surface area contributed by atoms with Gasteiger partial charge in [-0.15, -0.1) is 0 Å². The Labute approximate surface area is 126 Å². The van der Waals surface area contributed by atoms with Gasteiger partial charge in [-0.05, 0) is 44.4 Å². The SMILES string of the molecule is CCN(C(=O)COc1ccc([C@@H](C)N)cc1OC)C1CC1. The average Bonchev–Trinajstić information content (AvgIpc) is 3.30. The van der Waals surface area contributed by atoms with Gasteiger partial charge in [-0.3, -0.25) is 4.79 Å². The molecule has 21 heavy (non-hydrogen) atoms. The monoisotopic (exact) mass is 292 g/mol. The zero-order valence-corrected chi connectivity index (χ0v) is 13.0. The quantitative estimate of drug-likeness (QED) is 0.836. The summed E-state index contributed by atoms with van der Waals surface area (Å²) in [4.78, 5) is 14.0. The fourth-order valence-corrected chi connectivity index (χ4v) is 2.33. The summed E-state index contributed by atoms with van der Waals surface area (Å²) in [6, 6.07) is 5.89. The first kappa shape index (κ1) is 15.6. The lowest BCUT2D eigenvalue weighted by molar-refractivity contribution is -0.133. The summed E-state index contributed by atoms with van der Waals surface area (Å²) in [5, 5.41) is 0. The number of ether oxygens (including phenoxy) is 2. The van der Waals surface area contributed by atoms with Crippen molar-refractivity contribution in [3.63, 3.8) is 0 Å². The molecule has 2 N–H and O–H groups in total. The van der Waals surface area contributed by atoms with Crippen molar-refractivity contribution in [2.75, 3.05) is 20.3 Å². The number of benzene rings is 1. The highest BCUT2D eigenvalue weighted by atomic mass is 16.5. The molecule has 0 unspecified atom stereocenters. The van der Waals surface area contributed by atoms with Crippen molar-refractivity contribution in [3.05, 3.63) is 23.8 Å². The van der Waals surface area contributed by atoms with Gasteiger partial charge in [0.1, 0.15) is 0 Å².